The maximum atomic E-state index is 12.9. The number of carbonyl (C=O) groups excluding carboxylic acids is 2. The van der Waals surface area contributed by atoms with Crippen LogP contribution in [-0.2, 0) is 14.8 Å². The van der Waals surface area contributed by atoms with Crippen LogP contribution in [0.3, 0.4) is 0 Å². The zero-order valence-corrected chi connectivity index (χ0v) is 24.8. The van der Waals surface area contributed by atoms with Crippen LogP contribution in [0.4, 0.5) is 17.1 Å². The van der Waals surface area contributed by atoms with Crippen molar-refractivity contribution in [2.75, 3.05) is 22.9 Å². The Morgan fingerprint density at radius 1 is 0.930 bits per heavy atom. The minimum absolute atomic E-state index is 0.00288. The minimum atomic E-state index is -4.43. The molecule has 0 spiro atoms. The van der Waals surface area contributed by atoms with Crippen LogP contribution in [0.2, 0.25) is 5.02 Å². The second kappa shape index (κ2) is 14.5. The number of nitrogens with one attached hydrogen (secondary N) is 3. The van der Waals surface area contributed by atoms with Gasteiger partial charge in [-0.25, -0.2) is 13.1 Å². The molecule has 0 aliphatic carbocycles. The van der Waals surface area contributed by atoms with E-state index in [1.807, 2.05) is 35.1 Å². The van der Waals surface area contributed by atoms with Gasteiger partial charge in [-0.1, -0.05) is 48.0 Å². The Balaban J connectivity index is 1.36. The highest BCUT2D eigenvalue weighted by atomic mass is 35.5. The van der Waals surface area contributed by atoms with Crippen molar-refractivity contribution < 1.29 is 22.9 Å². The lowest BCUT2D eigenvalue weighted by Crippen LogP contribution is -2.30. The molecule has 4 aromatic rings. The molecule has 0 saturated carbocycles. The molecule has 0 aromatic heterocycles. The molecule has 0 fully saturated rings. The lowest BCUT2D eigenvalue weighted by atomic mass is 10.2. The van der Waals surface area contributed by atoms with Gasteiger partial charge in [0.2, 0.25) is 5.91 Å². The van der Waals surface area contributed by atoms with Gasteiger partial charge in [0.25, 0.3) is 21.6 Å². The first kappa shape index (κ1) is 31.3. The van der Waals surface area contributed by atoms with E-state index in [2.05, 4.69) is 10.6 Å². The lowest BCUT2D eigenvalue weighted by molar-refractivity contribution is -0.384. The zero-order valence-electron chi connectivity index (χ0n) is 22.4. The van der Waals surface area contributed by atoms with E-state index in [4.69, 9.17) is 11.6 Å². The topological polar surface area (TPSA) is 148 Å². The summed E-state index contributed by atoms with van der Waals surface area (Å²) in [6, 6.07) is 25.6. The molecule has 4 aromatic carbocycles. The summed E-state index contributed by atoms with van der Waals surface area (Å²) in [6.45, 7) is 0.400. The zero-order chi connectivity index (χ0) is 30.8. The Labute approximate surface area is 257 Å². The summed E-state index contributed by atoms with van der Waals surface area (Å²) in [6.07, 6.45) is 2.86. The van der Waals surface area contributed by atoms with Crippen LogP contribution in [0.15, 0.2) is 113 Å². The molecule has 13 heteroatoms. The molecule has 0 heterocycles. The third-order valence-electron chi connectivity index (χ3n) is 5.87. The number of rotatable bonds is 12. The van der Waals surface area contributed by atoms with Crippen LogP contribution in [0.25, 0.3) is 6.08 Å². The van der Waals surface area contributed by atoms with Crippen LogP contribution in [-0.4, -0.2) is 37.5 Å². The fourth-order valence-electron chi connectivity index (χ4n) is 3.75. The molecule has 4 rings (SSSR count). The quantitative estimate of drug-likeness (QED) is 0.0546. The Bertz CT molecular complexity index is 1770. The van der Waals surface area contributed by atoms with E-state index in [0.717, 1.165) is 11.0 Å². The first-order valence-corrected chi connectivity index (χ1v) is 15.6. The summed E-state index contributed by atoms with van der Waals surface area (Å²) in [7, 11) is -4.43. The smallest absolute Gasteiger partial charge is 0.293 e. The number of nitro benzene ring substituents is 1. The average molecular weight is 637 g/mol. The van der Waals surface area contributed by atoms with E-state index in [-0.39, 0.29) is 11.3 Å². The Morgan fingerprint density at radius 2 is 1.63 bits per heavy atom. The van der Waals surface area contributed by atoms with Crippen molar-refractivity contribution >= 4 is 68.3 Å². The Kier molecular flexibility index (Phi) is 10.5. The molecule has 0 bridgehead atoms. The van der Waals surface area contributed by atoms with Gasteiger partial charge in [0, 0.05) is 45.6 Å². The van der Waals surface area contributed by atoms with Gasteiger partial charge in [0.05, 0.1) is 9.82 Å². The van der Waals surface area contributed by atoms with Gasteiger partial charge in [-0.3, -0.25) is 19.7 Å². The van der Waals surface area contributed by atoms with Crippen molar-refractivity contribution in [1.82, 2.24) is 4.72 Å². The van der Waals surface area contributed by atoms with E-state index in [9.17, 15) is 28.1 Å². The number of sulfonamides is 1. The maximum absolute atomic E-state index is 12.9. The molecule has 0 aliphatic heterocycles. The summed E-state index contributed by atoms with van der Waals surface area (Å²) in [5, 5.41) is 17.8. The van der Waals surface area contributed by atoms with Crippen molar-refractivity contribution in [1.29, 1.82) is 0 Å². The molecule has 2 amide bonds. The molecular weight excluding hydrogens is 612 g/mol. The third kappa shape index (κ3) is 8.92. The van der Waals surface area contributed by atoms with Crippen LogP contribution in [0.5, 0.6) is 0 Å². The normalized spacial score (nSPS) is 11.2. The number of hydrogen-bond acceptors (Lipinski definition) is 8. The van der Waals surface area contributed by atoms with Gasteiger partial charge in [-0.15, -0.1) is 11.8 Å². The monoisotopic (exact) mass is 636 g/mol. The number of carbonyl (C=O) groups is 2. The SMILES string of the molecule is O=C(C=Cc1ccccc1Cl)Nc1ccc(C(=O)NS(=O)(=O)c2ccc(NCCSc3ccccc3)c([N+](=O)[O-])c2)cc1. The number of benzene rings is 4. The molecule has 43 heavy (non-hydrogen) atoms. The van der Waals surface area contributed by atoms with Crippen LogP contribution < -0.4 is 15.4 Å². The molecule has 0 radical (unpaired) electrons. The van der Waals surface area contributed by atoms with E-state index in [0.29, 0.717) is 28.6 Å². The highest BCUT2D eigenvalue weighted by molar-refractivity contribution is 7.99. The summed E-state index contributed by atoms with van der Waals surface area (Å²) in [4.78, 5) is 36.5. The minimum Gasteiger partial charge on any atom is -0.379 e. The van der Waals surface area contributed by atoms with Crippen molar-refractivity contribution in [2.45, 2.75) is 9.79 Å². The van der Waals surface area contributed by atoms with Crippen LogP contribution in [0, 0.1) is 10.1 Å². The van der Waals surface area contributed by atoms with Gasteiger partial charge in [-0.2, -0.15) is 0 Å². The second-order valence-corrected chi connectivity index (χ2v) is 12.1. The van der Waals surface area contributed by atoms with Crippen LogP contribution >= 0.6 is 23.4 Å². The summed E-state index contributed by atoms with van der Waals surface area (Å²) < 4.78 is 27.7. The number of halogens is 1. The number of thioether (sulfide) groups is 1. The van der Waals surface area contributed by atoms with Gasteiger partial charge >= 0.3 is 0 Å². The number of nitro groups is 1. The molecule has 3 N–H and O–H groups in total. The third-order valence-corrected chi connectivity index (χ3v) is 8.55. The first-order chi connectivity index (χ1) is 20.6. The van der Waals surface area contributed by atoms with Crippen LogP contribution in [0.1, 0.15) is 15.9 Å². The van der Waals surface area contributed by atoms with Gasteiger partial charge in [-0.05, 0) is 66.2 Å². The largest absolute Gasteiger partial charge is 0.379 e. The van der Waals surface area contributed by atoms with Gasteiger partial charge < -0.3 is 10.6 Å². The summed E-state index contributed by atoms with van der Waals surface area (Å²) in [5.41, 5.74) is 0.750. The fraction of sp³-hybridized carbons (Fsp3) is 0.0667. The number of amides is 2. The highest BCUT2D eigenvalue weighted by Gasteiger charge is 2.24. The van der Waals surface area contributed by atoms with E-state index in [1.54, 1.807) is 42.1 Å². The maximum Gasteiger partial charge on any atom is 0.293 e. The average Bonchev–Trinajstić information content (AvgIpc) is 2.99. The molecule has 0 aliphatic rings. The van der Waals surface area contributed by atoms with E-state index >= 15 is 0 Å². The van der Waals surface area contributed by atoms with E-state index < -0.39 is 37.3 Å². The molecular formula is C30H25ClN4O6S2. The van der Waals surface area contributed by atoms with Crippen molar-refractivity contribution in [3.63, 3.8) is 0 Å². The van der Waals surface area contributed by atoms with Crippen molar-refractivity contribution in [3.8, 4) is 0 Å². The molecule has 10 nitrogen and oxygen atoms in total. The van der Waals surface area contributed by atoms with Gasteiger partial charge in [0.15, 0.2) is 0 Å². The molecule has 220 valence electrons. The first-order valence-electron chi connectivity index (χ1n) is 12.7. The summed E-state index contributed by atoms with van der Waals surface area (Å²) >= 11 is 7.64. The van der Waals surface area contributed by atoms with Crippen molar-refractivity contribution in [3.05, 3.63) is 129 Å². The van der Waals surface area contributed by atoms with Crippen molar-refractivity contribution in [2.24, 2.45) is 0 Å². The molecule has 0 unspecified atom stereocenters. The number of nitrogens with zero attached hydrogens (tertiary/aromatic N) is 1. The Hall–Kier alpha value is -4.65. The molecule has 0 atom stereocenters. The molecule has 0 saturated heterocycles. The van der Waals surface area contributed by atoms with Gasteiger partial charge in [0.1, 0.15) is 5.69 Å². The highest BCUT2D eigenvalue weighted by Crippen LogP contribution is 2.28. The fourth-order valence-corrected chi connectivity index (χ4v) is 5.74. The van der Waals surface area contributed by atoms with E-state index in [1.165, 1.54) is 42.5 Å². The second-order valence-electron chi connectivity index (χ2n) is 8.88. The predicted molar refractivity (Wildman–Crippen MR) is 169 cm³/mol. The number of hydrogen-bond donors (Lipinski definition) is 3. The summed E-state index contributed by atoms with van der Waals surface area (Å²) in [5.74, 6) is -0.757. The standard InChI is InChI=1S/C30H25ClN4O6S2/c31-26-9-5-4-6-21(26)12-17-29(36)33-23-13-10-22(11-14-23)30(37)34-43(40,41)25-15-16-27(28(20-25)35(38)39)32-18-19-42-24-7-2-1-3-8-24/h1-17,20,32H,18-19H2,(H,33,36)(H,34,37). The Morgan fingerprint density at radius 3 is 2.33 bits per heavy atom. The predicted octanol–water partition coefficient (Wildman–Crippen LogP) is 6.22. The lowest BCUT2D eigenvalue weighted by Gasteiger charge is -2.11. The number of anilines is 2.